The summed E-state index contributed by atoms with van der Waals surface area (Å²) in [4.78, 5) is 59.9. The lowest BCUT2D eigenvalue weighted by atomic mass is 9.80. The van der Waals surface area contributed by atoms with Crippen molar-refractivity contribution in [2.24, 2.45) is 23.0 Å². The zero-order valence-corrected chi connectivity index (χ0v) is 35.3. The molecule has 8 rings (SSSR count). The molecule has 4 atom stereocenters. The molecule has 2 aliphatic heterocycles. The van der Waals surface area contributed by atoms with E-state index in [4.69, 9.17) is 20.4 Å². The Morgan fingerprint density at radius 1 is 0.810 bits per heavy atom. The molecule has 2 aromatic rings. The Morgan fingerprint density at radius 3 is 2.19 bits per heavy atom. The Balaban J connectivity index is 1.01. The van der Waals surface area contributed by atoms with E-state index in [0.29, 0.717) is 12.0 Å². The Bertz CT molecular complexity index is 2030. The number of allylic oxidation sites excluding steroid dienone is 8. The van der Waals surface area contributed by atoms with Crippen molar-refractivity contribution in [3.05, 3.63) is 69.9 Å². The Kier molecular flexibility index (Phi) is 11.6. The molecule has 4 aliphatic carbocycles. The lowest BCUT2D eigenvalue weighted by Crippen LogP contribution is -2.51. The van der Waals surface area contributed by atoms with Crippen molar-refractivity contribution >= 4 is 29.1 Å². The summed E-state index contributed by atoms with van der Waals surface area (Å²) >= 11 is 0. The summed E-state index contributed by atoms with van der Waals surface area (Å²) in [6.45, 7) is 9.32. The molecule has 2 saturated carbocycles. The molecular formula is C46H64N8O4. The smallest absolute Gasteiger partial charge is 0.407 e. The van der Waals surface area contributed by atoms with Crippen LogP contribution in [0.3, 0.4) is 0 Å². The number of alkyl carbamates (subject to hydrolysis) is 1. The van der Waals surface area contributed by atoms with Gasteiger partial charge in [-0.3, -0.25) is 9.59 Å². The maximum atomic E-state index is 13.8. The van der Waals surface area contributed by atoms with Crippen molar-refractivity contribution in [3.8, 4) is 0 Å². The van der Waals surface area contributed by atoms with E-state index < -0.39 is 18.2 Å². The number of nitrogens with zero attached hydrogens (tertiary/aromatic N) is 4. The van der Waals surface area contributed by atoms with Crippen molar-refractivity contribution in [1.82, 2.24) is 35.1 Å². The molecular weight excluding hydrogens is 729 g/mol. The average Bonchev–Trinajstić information content (AvgIpc) is 4.08. The van der Waals surface area contributed by atoms with Crippen LogP contribution < -0.4 is 11.1 Å². The molecule has 58 heavy (non-hydrogen) atoms. The van der Waals surface area contributed by atoms with E-state index in [0.717, 1.165) is 100 Å². The maximum Gasteiger partial charge on any atom is 0.407 e. The minimum absolute atomic E-state index is 0.0620. The van der Waals surface area contributed by atoms with Crippen molar-refractivity contribution in [2.75, 3.05) is 20.2 Å². The van der Waals surface area contributed by atoms with Crippen LogP contribution in [0, 0.1) is 17.3 Å². The fourth-order valence-corrected chi connectivity index (χ4v) is 10.9. The van der Waals surface area contributed by atoms with Crippen molar-refractivity contribution in [3.63, 3.8) is 0 Å². The van der Waals surface area contributed by atoms with Gasteiger partial charge in [-0.1, -0.05) is 52.7 Å². The highest BCUT2D eigenvalue weighted by atomic mass is 16.5. The van der Waals surface area contributed by atoms with Crippen LogP contribution in [0.1, 0.15) is 147 Å². The van der Waals surface area contributed by atoms with E-state index in [9.17, 15) is 14.4 Å². The van der Waals surface area contributed by atoms with E-state index >= 15 is 0 Å². The van der Waals surface area contributed by atoms with Gasteiger partial charge in [0.15, 0.2) is 0 Å². The number of hydrogen-bond acceptors (Lipinski definition) is 7. The topological polar surface area (TPSA) is 162 Å². The number of aromatic nitrogens is 4. The SMILES string of the molecule is COC(=O)NC(C(=O)N1CCCC1c1ncc(C2=C3CC4(CCCC4)CC3=C(C3=CC=C(c4cnc(CC5CCCN5C(=O)C(N)C(C)C)[nH]4)CC3)CC2)[nH]1)C(C)C. The third-order valence-corrected chi connectivity index (χ3v) is 14.3. The number of rotatable bonds is 11. The van der Waals surface area contributed by atoms with Gasteiger partial charge in [0.05, 0.1) is 43.0 Å². The van der Waals surface area contributed by atoms with Crippen molar-refractivity contribution in [2.45, 2.75) is 148 Å². The molecule has 312 valence electrons. The van der Waals surface area contributed by atoms with Crippen LogP contribution in [0.25, 0.3) is 11.1 Å². The number of likely N-dealkylation sites (tertiary alicyclic amines) is 2. The van der Waals surface area contributed by atoms with Crippen molar-refractivity contribution in [1.29, 1.82) is 0 Å². The summed E-state index contributed by atoms with van der Waals surface area (Å²) in [6.07, 6.45) is 24.0. The molecule has 6 aliphatic rings. The number of nitrogens with two attached hydrogens (primary N) is 1. The van der Waals surface area contributed by atoms with Crippen LogP contribution >= 0.6 is 0 Å². The molecule has 5 N–H and O–H groups in total. The molecule has 2 aromatic heterocycles. The van der Waals surface area contributed by atoms with Gasteiger partial charge in [-0.25, -0.2) is 14.8 Å². The molecule has 0 radical (unpaired) electrons. The van der Waals surface area contributed by atoms with Crippen LogP contribution in [0.15, 0.2) is 46.8 Å². The summed E-state index contributed by atoms with van der Waals surface area (Å²) in [5.74, 6) is 1.78. The van der Waals surface area contributed by atoms with Crippen LogP contribution in [-0.4, -0.2) is 86.0 Å². The normalized spacial score (nSPS) is 24.2. The lowest BCUT2D eigenvalue weighted by molar-refractivity contribution is -0.135. The third kappa shape index (κ3) is 7.85. The summed E-state index contributed by atoms with van der Waals surface area (Å²) in [7, 11) is 1.32. The minimum atomic E-state index is -0.657. The second kappa shape index (κ2) is 16.7. The number of fused-ring (bicyclic) bond motifs is 1. The molecule has 0 bridgehead atoms. The van der Waals surface area contributed by atoms with Gasteiger partial charge in [-0.15, -0.1) is 0 Å². The molecule has 2 saturated heterocycles. The summed E-state index contributed by atoms with van der Waals surface area (Å²) in [5.41, 5.74) is 17.6. The predicted octanol–water partition coefficient (Wildman–Crippen LogP) is 7.70. The fraction of sp³-hybridized carbons (Fsp3) is 0.630. The predicted molar refractivity (Wildman–Crippen MR) is 225 cm³/mol. The van der Waals surface area contributed by atoms with Gasteiger partial charge in [-0.05, 0) is 128 Å². The average molecular weight is 793 g/mol. The molecule has 4 heterocycles. The summed E-state index contributed by atoms with van der Waals surface area (Å²) in [6, 6.07) is -1.13. The van der Waals surface area contributed by atoms with E-state index in [1.165, 1.54) is 55.1 Å². The molecule has 12 nitrogen and oxygen atoms in total. The number of ether oxygens (including phenoxy) is 1. The van der Waals surface area contributed by atoms with Crippen LogP contribution in [0.2, 0.25) is 0 Å². The number of carbonyl (C=O) groups is 3. The Morgan fingerprint density at radius 2 is 1.48 bits per heavy atom. The first-order valence-corrected chi connectivity index (χ1v) is 22.1. The minimum Gasteiger partial charge on any atom is -0.453 e. The molecule has 12 heteroatoms. The summed E-state index contributed by atoms with van der Waals surface area (Å²) < 4.78 is 4.83. The first-order chi connectivity index (χ1) is 27.9. The third-order valence-electron chi connectivity index (χ3n) is 14.3. The number of imidazole rings is 2. The first kappa shape index (κ1) is 40.3. The Labute approximate surface area is 343 Å². The summed E-state index contributed by atoms with van der Waals surface area (Å²) in [5, 5.41) is 2.76. The van der Waals surface area contributed by atoms with Gasteiger partial charge in [0, 0.05) is 25.6 Å². The van der Waals surface area contributed by atoms with E-state index in [-0.39, 0.29) is 35.7 Å². The van der Waals surface area contributed by atoms with Crippen LogP contribution in [0.4, 0.5) is 4.79 Å². The molecule has 3 amide bonds. The highest BCUT2D eigenvalue weighted by Gasteiger charge is 2.45. The number of nitrogens with one attached hydrogen (secondary N) is 3. The number of H-pyrrole nitrogens is 2. The molecule has 0 aromatic carbocycles. The lowest BCUT2D eigenvalue weighted by Gasteiger charge is -2.30. The highest BCUT2D eigenvalue weighted by Crippen LogP contribution is 2.59. The molecule has 4 unspecified atom stereocenters. The Hall–Kier alpha value is -4.45. The standard InChI is InChI=1S/C46H64N8O4/c1-27(2)40(47)43(55)53-20-8-10-31(53)22-39-48-25-36(50-39)30-14-12-29(13-15-30)32-16-17-33(35-24-46(23-34(32)35)18-6-7-19-46)37-26-49-42(51-37)38-11-9-21-54(38)44(56)41(28(3)4)52-45(57)58-5/h12,14,25-28,31,38,40-41H,6-11,13,15-24,47H2,1-5H3,(H,48,50)(H,49,51)(H,52,57). The number of amides is 3. The number of carbonyl (C=O) groups excluding carboxylic acids is 3. The van der Waals surface area contributed by atoms with Gasteiger partial charge >= 0.3 is 6.09 Å². The fourth-order valence-electron chi connectivity index (χ4n) is 10.9. The van der Waals surface area contributed by atoms with Gasteiger partial charge in [-0.2, -0.15) is 0 Å². The van der Waals surface area contributed by atoms with E-state index in [1.54, 1.807) is 11.1 Å². The van der Waals surface area contributed by atoms with Gasteiger partial charge in [0.25, 0.3) is 0 Å². The maximum absolute atomic E-state index is 13.8. The zero-order valence-electron chi connectivity index (χ0n) is 35.3. The van der Waals surface area contributed by atoms with E-state index in [2.05, 4.69) is 27.4 Å². The van der Waals surface area contributed by atoms with Crippen LogP contribution in [-0.2, 0) is 20.7 Å². The second-order valence-corrected chi connectivity index (χ2v) is 18.6. The first-order valence-electron chi connectivity index (χ1n) is 22.1. The highest BCUT2D eigenvalue weighted by molar-refractivity contribution is 5.86. The zero-order chi connectivity index (χ0) is 40.7. The molecule has 4 fully saturated rings. The van der Waals surface area contributed by atoms with E-state index in [1.807, 2.05) is 49.9 Å². The number of hydrogen-bond donors (Lipinski definition) is 4. The largest absolute Gasteiger partial charge is 0.453 e. The quantitative estimate of drug-likeness (QED) is 0.181. The number of aromatic amines is 2. The van der Waals surface area contributed by atoms with Gasteiger partial charge in [0.1, 0.15) is 17.7 Å². The van der Waals surface area contributed by atoms with Gasteiger partial charge in [0.2, 0.25) is 11.8 Å². The monoisotopic (exact) mass is 793 g/mol. The molecule has 1 spiro atoms. The second-order valence-electron chi connectivity index (χ2n) is 18.6. The van der Waals surface area contributed by atoms with Crippen LogP contribution in [0.5, 0.6) is 0 Å². The van der Waals surface area contributed by atoms with Gasteiger partial charge < -0.3 is 35.6 Å². The van der Waals surface area contributed by atoms with Crippen molar-refractivity contribution < 1.29 is 19.1 Å². The number of methoxy groups -OCH3 is 1.